The van der Waals surface area contributed by atoms with Crippen LogP contribution in [0.15, 0.2) is 24.4 Å². The van der Waals surface area contributed by atoms with Crippen molar-refractivity contribution in [1.29, 1.82) is 0 Å². The highest BCUT2D eigenvalue weighted by atomic mass is 16.6. The topological polar surface area (TPSA) is 72.9 Å². The number of aliphatic hydroxyl groups is 2. The average Bonchev–Trinajstić information content (AvgIpc) is 2.61. The molecule has 3 aliphatic heterocycles. The summed E-state index contributed by atoms with van der Waals surface area (Å²) in [6.07, 6.45) is 2.93. The molecule has 3 N–H and O–H groups in total. The summed E-state index contributed by atoms with van der Waals surface area (Å²) >= 11 is 0. The van der Waals surface area contributed by atoms with E-state index in [1.807, 2.05) is 6.92 Å². The van der Waals surface area contributed by atoms with Crippen molar-refractivity contribution in [2.75, 3.05) is 0 Å². The zero-order chi connectivity index (χ0) is 12.7. The number of rotatable bonds is 1. The van der Waals surface area contributed by atoms with E-state index in [9.17, 15) is 15.3 Å². The van der Waals surface area contributed by atoms with Crippen LogP contribution in [0.3, 0.4) is 0 Å². The van der Waals surface area contributed by atoms with Gasteiger partial charge in [0.25, 0.3) is 5.72 Å². The molecule has 0 radical (unpaired) electrons. The molecular formula is C13H13NO4. The second-order valence-corrected chi connectivity index (χ2v) is 4.93. The van der Waals surface area contributed by atoms with Gasteiger partial charge in [0.2, 0.25) is 5.72 Å². The fourth-order valence-electron chi connectivity index (χ4n) is 3.20. The highest BCUT2D eigenvalue weighted by molar-refractivity contribution is 5.62. The zero-order valence-corrected chi connectivity index (χ0v) is 9.79. The molecule has 3 atom stereocenters. The number of ether oxygens (including phenoxy) is 1. The van der Waals surface area contributed by atoms with Crippen LogP contribution in [-0.2, 0) is 12.1 Å². The van der Waals surface area contributed by atoms with Gasteiger partial charge < -0.3 is 20.1 Å². The highest BCUT2D eigenvalue weighted by Crippen LogP contribution is 2.70. The number of benzene rings is 1. The van der Waals surface area contributed by atoms with E-state index in [1.165, 1.54) is 4.90 Å². The summed E-state index contributed by atoms with van der Waals surface area (Å²) in [5.41, 5.74) is -1.48. The predicted octanol–water partition coefficient (Wildman–Crippen LogP) is 0.392. The molecule has 18 heavy (non-hydrogen) atoms. The second kappa shape index (κ2) is 2.65. The lowest BCUT2D eigenvalue weighted by atomic mass is 9.98. The van der Waals surface area contributed by atoms with Crippen LogP contribution in [0.1, 0.15) is 18.1 Å². The van der Waals surface area contributed by atoms with Gasteiger partial charge in [-0.1, -0.05) is 13.0 Å². The molecule has 1 fully saturated rings. The Morgan fingerprint density at radius 2 is 2.22 bits per heavy atom. The maximum absolute atomic E-state index is 10.7. The SMILES string of the molecule is CCc1ccc2c(c1O)C1(O)N3C=CC(O)C31O2. The first-order valence-electron chi connectivity index (χ1n) is 6.00. The Morgan fingerprint density at radius 3 is 2.94 bits per heavy atom. The first-order chi connectivity index (χ1) is 8.57. The molecule has 3 aliphatic rings. The first-order valence-corrected chi connectivity index (χ1v) is 6.00. The quantitative estimate of drug-likeness (QED) is 0.626. The maximum Gasteiger partial charge on any atom is 0.267 e. The minimum absolute atomic E-state index is 0.0596. The third-order valence-electron chi connectivity index (χ3n) is 4.19. The lowest BCUT2D eigenvalue weighted by molar-refractivity contribution is -0.00569. The molecule has 3 unspecified atom stereocenters. The van der Waals surface area contributed by atoms with Crippen molar-refractivity contribution in [3.8, 4) is 11.5 Å². The van der Waals surface area contributed by atoms with Gasteiger partial charge in [0, 0.05) is 6.20 Å². The summed E-state index contributed by atoms with van der Waals surface area (Å²) in [4.78, 5) is 1.53. The molecule has 1 saturated heterocycles. The van der Waals surface area contributed by atoms with Crippen LogP contribution in [0.4, 0.5) is 0 Å². The Hall–Kier alpha value is -1.72. The zero-order valence-electron chi connectivity index (χ0n) is 9.79. The number of aliphatic hydroxyl groups excluding tert-OH is 1. The third-order valence-corrected chi connectivity index (χ3v) is 4.19. The largest absolute Gasteiger partial charge is 0.507 e. The van der Waals surface area contributed by atoms with Crippen LogP contribution >= 0.6 is 0 Å². The van der Waals surface area contributed by atoms with E-state index in [-0.39, 0.29) is 5.75 Å². The van der Waals surface area contributed by atoms with Crippen LogP contribution in [0.2, 0.25) is 0 Å². The van der Waals surface area contributed by atoms with E-state index >= 15 is 0 Å². The monoisotopic (exact) mass is 247 g/mol. The Balaban J connectivity index is 1.95. The molecule has 0 saturated carbocycles. The van der Waals surface area contributed by atoms with E-state index in [2.05, 4.69) is 0 Å². The number of aryl methyl sites for hydroxylation is 1. The predicted molar refractivity (Wildman–Crippen MR) is 61.7 cm³/mol. The first kappa shape index (κ1) is 10.2. The lowest BCUT2D eigenvalue weighted by Crippen LogP contribution is -2.36. The molecule has 0 aromatic heterocycles. The smallest absolute Gasteiger partial charge is 0.267 e. The van der Waals surface area contributed by atoms with Gasteiger partial charge in [0.1, 0.15) is 17.6 Å². The Labute approximate surface area is 104 Å². The summed E-state index contributed by atoms with van der Waals surface area (Å²) in [5.74, 6) is 0.496. The number of hydrogen-bond acceptors (Lipinski definition) is 5. The van der Waals surface area contributed by atoms with Crippen LogP contribution in [0.5, 0.6) is 11.5 Å². The van der Waals surface area contributed by atoms with Gasteiger partial charge in [0.15, 0.2) is 0 Å². The molecule has 94 valence electrons. The summed E-state index contributed by atoms with van der Waals surface area (Å²) < 4.78 is 5.69. The average molecular weight is 247 g/mol. The number of hydrogen-bond donors (Lipinski definition) is 3. The molecule has 5 heteroatoms. The number of nitrogens with zero attached hydrogens (tertiary/aromatic N) is 1. The molecule has 0 bridgehead atoms. The Bertz CT molecular complexity index is 599. The second-order valence-electron chi connectivity index (χ2n) is 4.93. The van der Waals surface area contributed by atoms with Gasteiger partial charge in [-0.3, -0.25) is 4.90 Å². The van der Waals surface area contributed by atoms with Crippen LogP contribution in [-0.4, -0.2) is 32.0 Å². The van der Waals surface area contributed by atoms with Crippen molar-refractivity contribution < 1.29 is 20.1 Å². The van der Waals surface area contributed by atoms with Crippen molar-refractivity contribution >= 4 is 0 Å². The van der Waals surface area contributed by atoms with E-state index in [4.69, 9.17) is 4.74 Å². The summed E-state index contributed by atoms with van der Waals surface area (Å²) in [5, 5.41) is 30.9. The van der Waals surface area contributed by atoms with Crippen molar-refractivity contribution in [2.45, 2.75) is 30.9 Å². The highest BCUT2D eigenvalue weighted by Gasteiger charge is 2.87. The molecule has 0 aliphatic carbocycles. The number of phenols is 1. The van der Waals surface area contributed by atoms with Gasteiger partial charge >= 0.3 is 0 Å². The van der Waals surface area contributed by atoms with E-state index in [0.29, 0.717) is 17.7 Å². The van der Waals surface area contributed by atoms with Gasteiger partial charge in [0.05, 0.1) is 5.56 Å². The minimum Gasteiger partial charge on any atom is -0.507 e. The molecule has 0 amide bonds. The van der Waals surface area contributed by atoms with E-state index in [1.54, 1.807) is 24.4 Å². The van der Waals surface area contributed by atoms with Gasteiger partial charge in [-0.05, 0) is 24.1 Å². The van der Waals surface area contributed by atoms with Crippen LogP contribution in [0.25, 0.3) is 0 Å². The van der Waals surface area contributed by atoms with Crippen molar-refractivity contribution in [3.05, 3.63) is 35.5 Å². The Morgan fingerprint density at radius 1 is 1.44 bits per heavy atom. The van der Waals surface area contributed by atoms with Crippen LogP contribution in [0, 0.1) is 0 Å². The van der Waals surface area contributed by atoms with Crippen molar-refractivity contribution in [3.63, 3.8) is 0 Å². The standard InChI is InChI=1S/C13H13NO4/c1-2-7-3-4-8-10(11(7)16)12(17)13(18-8)9(15)5-6-14(12)13/h3-6,9,15-17H,2H2,1H3. The molecule has 1 aromatic carbocycles. The van der Waals surface area contributed by atoms with Gasteiger partial charge in [-0.15, -0.1) is 0 Å². The summed E-state index contributed by atoms with van der Waals surface area (Å²) in [7, 11) is 0. The lowest BCUT2D eigenvalue weighted by Gasteiger charge is -2.15. The summed E-state index contributed by atoms with van der Waals surface area (Å²) in [6, 6.07) is 3.51. The minimum atomic E-state index is -1.44. The number of phenolic OH excluding ortho intramolecular Hbond substituents is 1. The van der Waals surface area contributed by atoms with Gasteiger partial charge in [-0.2, -0.15) is 0 Å². The normalized spacial score (nSPS) is 38.2. The molecule has 1 aromatic rings. The van der Waals surface area contributed by atoms with Crippen molar-refractivity contribution in [2.24, 2.45) is 0 Å². The van der Waals surface area contributed by atoms with E-state index < -0.39 is 17.6 Å². The number of fused-ring (bicyclic) bond motifs is 3. The molecule has 1 spiro atoms. The molecular weight excluding hydrogens is 234 g/mol. The Kier molecular flexibility index (Phi) is 1.51. The fraction of sp³-hybridized carbons (Fsp3) is 0.385. The molecule has 4 rings (SSSR count). The fourth-order valence-corrected chi connectivity index (χ4v) is 3.20. The molecule has 5 nitrogen and oxygen atoms in total. The van der Waals surface area contributed by atoms with Crippen molar-refractivity contribution in [1.82, 2.24) is 4.90 Å². The van der Waals surface area contributed by atoms with Gasteiger partial charge in [-0.25, -0.2) is 0 Å². The summed E-state index contributed by atoms with van der Waals surface area (Å²) in [6.45, 7) is 1.93. The molecule has 3 heterocycles. The van der Waals surface area contributed by atoms with Crippen LogP contribution < -0.4 is 4.74 Å². The number of aromatic hydroxyl groups is 1. The third kappa shape index (κ3) is 0.741. The van der Waals surface area contributed by atoms with E-state index in [0.717, 1.165) is 5.56 Å². The maximum atomic E-state index is 10.7.